The number of aromatic nitrogens is 2. The quantitative estimate of drug-likeness (QED) is 0.353. The summed E-state index contributed by atoms with van der Waals surface area (Å²) in [7, 11) is 0. The van der Waals surface area contributed by atoms with E-state index in [0.717, 1.165) is 16.8 Å². The van der Waals surface area contributed by atoms with Gasteiger partial charge in [-0.2, -0.15) is 0 Å². The third-order valence-corrected chi connectivity index (χ3v) is 5.28. The number of amides is 1. The molecule has 34 heavy (non-hydrogen) atoms. The predicted molar refractivity (Wildman–Crippen MR) is 128 cm³/mol. The van der Waals surface area contributed by atoms with E-state index in [1.165, 1.54) is 24.4 Å². The Morgan fingerprint density at radius 1 is 1.00 bits per heavy atom. The molecule has 0 saturated carbocycles. The van der Waals surface area contributed by atoms with Crippen molar-refractivity contribution >= 4 is 23.5 Å². The number of nitrogens with zero attached hydrogens (tertiary/aromatic N) is 2. The second-order valence-corrected chi connectivity index (χ2v) is 7.91. The Morgan fingerprint density at radius 3 is 2.50 bits per heavy atom. The van der Waals surface area contributed by atoms with Crippen molar-refractivity contribution < 1.29 is 19.4 Å². The fourth-order valence-corrected chi connectivity index (χ4v) is 3.46. The summed E-state index contributed by atoms with van der Waals surface area (Å²) in [5.74, 6) is -0.847. The molecule has 8 heteroatoms. The number of aromatic carboxylic acids is 1. The van der Waals surface area contributed by atoms with Gasteiger partial charge >= 0.3 is 5.97 Å². The van der Waals surface area contributed by atoms with Crippen LogP contribution in [0.4, 0.5) is 0 Å². The maximum atomic E-state index is 13.1. The molecule has 0 fully saturated rings. The van der Waals surface area contributed by atoms with Crippen molar-refractivity contribution in [1.29, 1.82) is 0 Å². The van der Waals surface area contributed by atoms with Gasteiger partial charge in [0.1, 0.15) is 11.3 Å². The Labute approximate surface area is 201 Å². The van der Waals surface area contributed by atoms with E-state index >= 15 is 0 Å². The number of nitrogens with one attached hydrogen (secondary N) is 1. The number of carbonyl (C=O) groups is 2. The summed E-state index contributed by atoms with van der Waals surface area (Å²) in [5.41, 5.74) is 2.74. The van der Waals surface area contributed by atoms with Crippen LogP contribution in [0.25, 0.3) is 11.3 Å². The fraction of sp³-hybridized carbons (Fsp3) is 0.0769. The highest BCUT2D eigenvalue weighted by molar-refractivity contribution is 6.30. The molecule has 2 aromatic heterocycles. The van der Waals surface area contributed by atoms with Gasteiger partial charge in [0.05, 0.1) is 22.3 Å². The number of rotatable bonds is 7. The van der Waals surface area contributed by atoms with E-state index < -0.39 is 17.9 Å². The lowest BCUT2D eigenvalue weighted by molar-refractivity contribution is 0.0696. The van der Waals surface area contributed by atoms with Crippen LogP contribution in [0.3, 0.4) is 0 Å². The van der Waals surface area contributed by atoms with E-state index in [1.807, 2.05) is 36.4 Å². The highest BCUT2D eigenvalue weighted by Crippen LogP contribution is 2.29. The summed E-state index contributed by atoms with van der Waals surface area (Å²) in [6.45, 7) is 1.79. The zero-order valence-corrected chi connectivity index (χ0v) is 18.9. The van der Waals surface area contributed by atoms with Crippen molar-refractivity contribution in [3.8, 4) is 22.9 Å². The number of ether oxygens (including phenoxy) is 1. The average molecular weight is 474 g/mol. The third kappa shape index (κ3) is 5.39. The maximum absolute atomic E-state index is 13.1. The molecule has 2 N–H and O–H groups in total. The molecule has 0 aliphatic heterocycles. The highest BCUT2D eigenvalue weighted by atomic mass is 35.5. The van der Waals surface area contributed by atoms with Gasteiger partial charge in [0.25, 0.3) is 5.91 Å². The maximum Gasteiger partial charge on any atom is 0.335 e. The van der Waals surface area contributed by atoms with Gasteiger partial charge in [-0.3, -0.25) is 9.78 Å². The van der Waals surface area contributed by atoms with Crippen LogP contribution in [0.15, 0.2) is 85.2 Å². The Morgan fingerprint density at radius 2 is 1.79 bits per heavy atom. The molecule has 1 atom stereocenters. The van der Waals surface area contributed by atoms with Crippen LogP contribution in [0.2, 0.25) is 5.02 Å². The molecule has 2 heterocycles. The molecule has 0 aliphatic carbocycles. The molecular formula is C26H20ClN3O4. The molecule has 4 aromatic rings. The van der Waals surface area contributed by atoms with E-state index in [9.17, 15) is 9.59 Å². The number of hydrogen-bond donors (Lipinski definition) is 2. The van der Waals surface area contributed by atoms with E-state index in [4.69, 9.17) is 21.4 Å². The second-order valence-electron chi connectivity index (χ2n) is 7.47. The van der Waals surface area contributed by atoms with Crippen LogP contribution in [0, 0.1) is 0 Å². The van der Waals surface area contributed by atoms with Gasteiger partial charge in [0.2, 0.25) is 5.88 Å². The van der Waals surface area contributed by atoms with Crippen LogP contribution in [-0.2, 0) is 0 Å². The third-order valence-electron chi connectivity index (χ3n) is 5.08. The van der Waals surface area contributed by atoms with Gasteiger partial charge < -0.3 is 15.2 Å². The minimum Gasteiger partial charge on any atom is -0.478 e. The topological polar surface area (TPSA) is 101 Å². The molecule has 1 amide bonds. The van der Waals surface area contributed by atoms with E-state index in [1.54, 1.807) is 31.3 Å². The first-order valence-electron chi connectivity index (χ1n) is 10.4. The zero-order valence-electron chi connectivity index (χ0n) is 18.1. The Bertz CT molecular complexity index is 1330. The number of carboxylic acid groups (broad SMARTS) is 1. The van der Waals surface area contributed by atoms with Gasteiger partial charge in [-0.15, -0.1) is 0 Å². The predicted octanol–water partition coefficient (Wildman–Crippen LogP) is 5.78. The minimum absolute atomic E-state index is 0.105. The van der Waals surface area contributed by atoms with Crippen molar-refractivity contribution in [2.75, 3.05) is 0 Å². The number of carboxylic acids is 1. The Hall–Kier alpha value is -4.23. The molecule has 0 saturated heterocycles. The Balaban J connectivity index is 1.55. The fourth-order valence-electron chi connectivity index (χ4n) is 3.31. The molecular weight excluding hydrogens is 454 g/mol. The van der Waals surface area contributed by atoms with E-state index in [-0.39, 0.29) is 17.0 Å². The number of halogens is 1. The van der Waals surface area contributed by atoms with Crippen molar-refractivity contribution in [3.05, 3.63) is 107 Å². The van der Waals surface area contributed by atoms with Crippen molar-refractivity contribution in [2.45, 2.75) is 13.0 Å². The van der Waals surface area contributed by atoms with Crippen LogP contribution >= 0.6 is 11.6 Å². The van der Waals surface area contributed by atoms with Crippen LogP contribution in [-0.4, -0.2) is 27.0 Å². The van der Waals surface area contributed by atoms with Crippen LogP contribution < -0.4 is 10.1 Å². The summed E-state index contributed by atoms with van der Waals surface area (Å²) in [6.07, 6.45) is 3.12. The standard InChI is InChI=1S/C26H20ClN3O4/c1-16(17-8-10-18(11-9-17)26(32)33)30-24(31)22-14-20(27)15-29-25(22)34-21-6-4-5-19(13-21)23-7-2-3-12-28-23/h2-16H,1H3,(H,30,31)(H,32,33)/t16-/m0/s1. The smallest absolute Gasteiger partial charge is 0.335 e. The highest BCUT2D eigenvalue weighted by Gasteiger charge is 2.19. The van der Waals surface area contributed by atoms with E-state index in [0.29, 0.717) is 10.8 Å². The van der Waals surface area contributed by atoms with Gasteiger partial charge in [-0.1, -0.05) is 41.9 Å². The number of hydrogen-bond acceptors (Lipinski definition) is 5. The first-order valence-corrected chi connectivity index (χ1v) is 10.8. The first kappa shape index (κ1) is 22.9. The summed E-state index contributed by atoms with van der Waals surface area (Å²) in [4.78, 5) is 32.7. The van der Waals surface area contributed by atoms with Gasteiger partial charge in [-0.05, 0) is 55.0 Å². The summed E-state index contributed by atoms with van der Waals surface area (Å²) in [5, 5.41) is 12.2. The second kappa shape index (κ2) is 10.1. The normalized spacial score (nSPS) is 11.5. The molecule has 0 radical (unpaired) electrons. The Kier molecular flexibility index (Phi) is 6.85. The molecule has 0 aliphatic rings. The van der Waals surface area contributed by atoms with Gasteiger partial charge in [0.15, 0.2) is 0 Å². The van der Waals surface area contributed by atoms with Crippen molar-refractivity contribution in [3.63, 3.8) is 0 Å². The summed E-state index contributed by atoms with van der Waals surface area (Å²) >= 11 is 6.11. The summed E-state index contributed by atoms with van der Waals surface area (Å²) < 4.78 is 5.95. The number of carbonyl (C=O) groups excluding carboxylic acids is 1. The lowest BCUT2D eigenvalue weighted by Gasteiger charge is -2.16. The van der Waals surface area contributed by atoms with Gasteiger partial charge in [0, 0.05) is 18.0 Å². The molecule has 7 nitrogen and oxygen atoms in total. The molecule has 0 unspecified atom stereocenters. The lowest BCUT2D eigenvalue weighted by Crippen LogP contribution is -2.27. The van der Waals surface area contributed by atoms with Gasteiger partial charge in [-0.25, -0.2) is 9.78 Å². The molecule has 0 bridgehead atoms. The SMILES string of the molecule is C[C@H](NC(=O)c1cc(Cl)cnc1Oc1cccc(-c2ccccn2)c1)c1ccc(C(=O)O)cc1. The minimum atomic E-state index is -1.01. The number of pyridine rings is 2. The average Bonchev–Trinajstić information content (AvgIpc) is 2.86. The largest absolute Gasteiger partial charge is 0.478 e. The lowest BCUT2D eigenvalue weighted by atomic mass is 10.1. The van der Waals surface area contributed by atoms with E-state index in [2.05, 4.69) is 15.3 Å². The summed E-state index contributed by atoms with van der Waals surface area (Å²) in [6, 6.07) is 20.3. The first-order chi connectivity index (χ1) is 16.4. The monoisotopic (exact) mass is 473 g/mol. The molecule has 4 rings (SSSR count). The molecule has 2 aromatic carbocycles. The molecule has 0 spiro atoms. The zero-order chi connectivity index (χ0) is 24.1. The molecule has 170 valence electrons. The van der Waals surface area contributed by atoms with Crippen molar-refractivity contribution in [2.24, 2.45) is 0 Å². The van der Waals surface area contributed by atoms with Crippen molar-refractivity contribution in [1.82, 2.24) is 15.3 Å². The van der Waals surface area contributed by atoms with Crippen LogP contribution in [0.5, 0.6) is 11.6 Å². The van der Waals surface area contributed by atoms with Crippen LogP contribution in [0.1, 0.15) is 39.2 Å². The number of benzene rings is 2.